The number of rotatable bonds is 5. The third kappa shape index (κ3) is 4.88. The molecule has 34 heavy (non-hydrogen) atoms. The fourth-order valence-electron chi connectivity index (χ4n) is 4.93. The molecule has 2 aliphatic rings. The fraction of sp³-hybridized carbons (Fsp3) is 0.440. The van der Waals surface area contributed by atoms with Crippen molar-refractivity contribution in [2.45, 2.75) is 31.2 Å². The topological polar surface area (TPSA) is 73.8 Å². The highest BCUT2D eigenvalue weighted by Gasteiger charge is 2.34. The van der Waals surface area contributed by atoms with E-state index >= 15 is 0 Å². The van der Waals surface area contributed by atoms with Gasteiger partial charge in [0.2, 0.25) is 15.9 Å². The molecule has 0 bridgehead atoms. The van der Waals surface area contributed by atoms with Crippen LogP contribution in [0.4, 0.5) is 0 Å². The average Bonchev–Trinajstić information content (AvgIpc) is 3.28. The van der Waals surface area contributed by atoms with Crippen LogP contribution in [0.2, 0.25) is 0 Å². The lowest BCUT2D eigenvalue weighted by Gasteiger charge is -2.38. The first-order valence-corrected chi connectivity index (χ1v) is 14.1. The van der Waals surface area contributed by atoms with Gasteiger partial charge in [-0.2, -0.15) is 4.31 Å². The smallest absolute Gasteiger partial charge is 0.243 e. The van der Waals surface area contributed by atoms with Crippen molar-refractivity contribution in [2.75, 3.05) is 39.3 Å². The van der Waals surface area contributed by atoms with E-state index < -0.39 is 10.0 Å². The molecule has 1 aromatic heterocycles. The molecule has 3 aromatic rings. The van der Waals surface area contributed by atoms with Crippen molar-refractivity contribution in [3.8, 4) is 0 Å². The molecule has 0 unspecified atom stereocenters. The molecular weight excluding hydrogens is 468 g/mol. The predicted octanol–water partition coefficient (Wildman–Crippen LogP) is 3.35. The second-order valence-corrected chi connectivity index (χ2v) is 12.1. The number of piperidine rings is 1. The molecular formula is C25H30N4O3S2. The van der Waals surface area contributed by atoms with Gasteiger partial charge in [0.1, 0.15) is 0 Å². The van der Waals surface area contributed by atoms with E-state index in [-0.39, 0.29) is 11.8 Å². The van der Waals surface area contributed by atoms with E-state index in [1.807, 2.05) is 42.2 Å². The summed E-state index contributed by atoms with van der Waals surface area (Å²) in [6.45, 7) is 6.22. The number of hydrogen-bond donors (Lipinski definition) is 0. The van der Waals surface area contributed by atoms with Crippen LogP contribution < -0.4 is 0 Å². The summed E-state index contributed by atoms with van der Waals surface area (Å²) in [5.41, 5.74) is 1.11. The molecule has 2 saturated heterocycles. The number of nitrogens with zero attached hydrogens (tertiary/aromatic N) is 4. The van der Waals surface area contributed by atoms with Crippen molar-refractivity contribution < 1.29 is 13.2 Å². The van der Waals surface area contributed by atoms with E-state index in [0.29, 0.717) is 31.1 Å². The van der Waals surface area contributed by atoms with E-state index in [9.17, 15) is 13.2 Å². The van der Waals surface area contributed by atoms with Crippen LogP contribution in [0.15, 0.2) is 52.7 Å². The minimum atomic E-state index is -3.58. The molecule has 2 aliphatic heterocycles. The summed E-state index contributed by atoms with van der Waals surface area (Å²) in [4.78, 5) is 22.2. The highest BCUT2D eigenvalue weighted by molar-refractivity contribution is 7.89. The minimum Gasteiger partial charge on any atom is -0.340 e. The van der Waals surface area contributed by atoms with Gasteiger partial charge in [-0.3, -0.25) is 9.69 Å². The Kier molecular flexibility index (Phi) is 6.70. The van der Waals surface area contributed by atoms with Gasteiger partial charge in [0.25, 0.3) is 0 Å². The first kappa shape index (κ1) is 23.4. The molecule has 2 fully saturated rings. The Hall–Kier alpha value is -2.33. The summed E-state index contributed by atoms with van der Waals surface area (Å²) in [6, 6.07) is 13.0. The lowest BCUT2D eigenvalue weighted by atomic mass is 9.95. The number of hydrogen-bond acceptors (Lipinski definition) is 6. The first-order valence-electron chi connectivity index (χ1n) is 11.8. The minimum absolute atomic E-state index is 0.0251. The van der Waals surface area contributed by atoms with E-state index in [1.165, 1.54) is 4.31 Å². The number of likely N-dealkylation sites (tertiary alicyclic amines) is 1. The van der Waals surface area contributed by atoms with E-state index in [2.05, 4.69) is 15.3 Å². The van der Waals surface area contributed by atoms with Crippen LogP contribution in [0, 0.1) is 12.8 Å². The number of amides is 1. The van der Waals surface area contributed by atoms with Crippen molar-refractivity contribution >= 4 is 38.0 Å². The first-order chi connectivity index (χ1) is 16.4. The molecule has 0 spiro atoms. The van der Waals surface area contributed by atoms with Gasteiger partial charge >= 0.3 is 0 Å². The Labute approximate surface area is 205 Å². The van der Waals surface area contributed by atoms with E-state index in [4.69, 9.17) is 0 Å². The van der Waals surface area contributed by atoms with Gasteiger partial charge in [0, 0.05) is 44.0 Å². The number of carbonyl (C=O) groups excluding carboxylic acids is 1. The standard InChI is InChI=1S/C25H30N4O3S2/c1-19-26-23(18-33-19)17-27-10-8-21(9-11-27)25(30)28-12-14-29(15-13-28)34(31,32)24-7-6-20-4-2-3-5-22(20)16-24/h2-7,16,18,21H,8-15,17H2,1H3. The number of fused-ring (bicyclic) bond motifs is 1. The zero-order valence-electron chi connectivity index (χ0n) is 19.4. The zero-order valence-corrected chi connectivity index (χ0v) is 21.0. The Bertz CT molecular complexity index is 1270. The Morgan fingerprint density at radius 3 is 2.38 bits per heavy atom. The molecule has 5 rings (SSSR count). The molecule has 0 radical (unpaired) electrons. The predicted molar refractivity (Wildman–Crippen MR) is 134 cm³/mol. The van der Waals surface area contributed by atoms with Gasteiger partial charge in [-0.1, -0.05) is 30.3 Å². The van der Waals surface area contributed by atoms with Crippen LogP contribution in [0.25, 0.3) is 10.8 Å². The second kappa shape index (κ2) is 9.73. The highest BCUT2D eigenvalue weighted by Crippen LogP contribution is 2.25. The van der Waals surface area contributed by atoms with Crippen LogP contribution in [0.3, 0.4) is 0 Å². The number of thiazole rings is 1. The lowest BCUT2D eigenvalue weighted by molar-refractivity contribution is -0.138. The maximum absolute atomic E-state index is 13.2. The van der Waals surface area contributed by atoms with Crippen LogP contribution in [-0.2, 0) is 21.4 Å². The summed E-state index contributed by atoms with van der Waals surface area (Å²) in [7, 11) is -3.58. The summed E-state index contributed by atoms with van der Waals surface area (Å²) in [5, 5.41) is 5.12. The largest absolute Gasteiger partial charge is 0.340 e. The zero-order chi connectivity index (χ0) is 23.7. The normalized spacial score (nSPS) is 19.0. The maximum atomic E-state index is 13.2. The molecule has 2 aromatic carbocycles. The number of aromatic nitrogens is 1. The van der Waals surface area contributed by atoms with Crippen molar-refractivity contribution in [1.82, 2.24) is 19.1 Å². The Balaban J connectivity index is 1.15. The van der Waals surface area contributed by atoms with E-state index in [1.54, 1.807) is 23.5 Å². The van der Waals surface area contributed by atoms with Crippen molar-refractivity contribution in [2.24, 2.45) is 5.92 Å². The number of aryl methyl sites for hydroxylation is 1. The van der Waals surface area contributed by atoms with Gasteiger partial charge in [0.05, 0.1) is 15.6 Å². The summed E-state index contributed by atoms with van der Waals surface area (Å²) < 4.78 is 27.9. The summed E-state index contributed by atoms with van der Waals surface area (Å²) in [6.07, 6.45) is 1.69. The van der Waals surface area contributed by atoms with Crippen molar-refractivity contribution in [3.05, 3.63) is 58.5 Å². The molecule has 0 aliphatic carbocycles. The number of sulfonamides is 1. The fourth-order valence-corrected chi connectivity index (χ4v) is 6.99. The van der Waals surface area contributed by atoms with Gasteiger partial charge < -0.3 is 4.90 Å². The van der Waals surface area contributed by atoms with Crippen LogP contribution in [0.1, 0.15) is 23.5 Å². The third-order valence-corrected chi connectivity index (χ3v) is 9.61. The average molecular weight is 499 g/mol. The monoisotopic (exact) mass is 498 g/mol. The Morgan fingerprint density at radius 1 is 1.00 bits per heavy atom. The van der Waals surface area contributed by atoms with Crippen molar-refractivity contribution in [3.63, 3.8) is 0 Å². The highest BCUT2D eigenvalue weighted by atomic mass is 32.2. The molecule has 180 valence electrons. The molecule has 9 heteroatoms. The van der Waals surface area contributed by atoms with Gasteiger partial charge in [-0.05, 0) is 55.8 Å². The lowest BCUT2D eigenvalue weighted by Crippen LogP contribution is -2.52. The summed E-state index contributed by atoms with van der Waals surface area (Å²) in [5.74, 6) is 0.198. The van der Waals surface area contributed by atoms with Gasteiger partial charge in [-0.15, -0.1) is 11.3 Å². The van der Waals surface area contributed by atoms with Crippen LogP contribution in [0.5, 0.6) is 0 Å². The maximum Gasteiger partial charge on any atom is 0.243 e. The number of carbonyl (C=O) groups is 1. The van der Waals surface area contributed by atoms with E-state index in [0.717, 1.165) is 53.9 Å². The molecule has 1 amide bonds. The van der Waals surface area contributed by atoms with Gasteiger partial charge in [0.15, 0.2) is 0 Å². The number of benzene rings is 2. The third-order valence-electron chi connectivity index (χ3n) is 6.90. The van der Waals surface area contributed by atoms with Crippen molar-refractivity contribution in [1.29, 1.82) is 0 Å². The van der Waals surface area contributed by atoms with Crippen LogP contribution >= 0.6 is 11.3 Å². The molecule has 0 N–H and O–H groups in total. The molecule has 0 saturated carbocycles. The molecule has 3 heterocycles. The van der Waals surface area contributed by atoms with Crippen LogP contribution in [-0.4, -0.2) is 72.7 Å². The molecule has 0 atom stereocenters. The quantitative estimate of drug-likeness (QED) is 0.539. The molecule has 7 nitrogen and oxygen atoms in total. The second-order valence-electron chi connectivity index (χ2n) is 9.15. The number of piperazine rings is 1. The SMILES string of the molecule is Cc1nc(CN2CCC(C(=O)N3CCN(S(=O)(=O)c4ccc5ccccc5c4)CC3)CC2)cs1. The Morgan fingerprint density at radius 2 is 1.71 bits per heavy atom. The summed E-state index contributed by atoms with van der Waals surface area (Å²) >= 11 is 1.67. The van der Waals surface area contributed by atoms with Gasteiger partial charge in [-0.25, -0.2) is 13.4 Å².